The van der Waals surface area contributed by atoms with Crippen molar-refractivity contribution in [2.45, 2.75) is 36.9 Å². The van der Waals surface area contributed by atoms with E-state index in [9.17, 15) is 39.6 Å². The van der Waals surface area contributed by atoms with E-state index in [0.29, 0.717) is 55.4 Å². The summed E-state index contributed by atoms with van der Waals surface area (Å²) in [5.41, 5.74) is 1.18. The fourth-order valence-corrected chi connectivity index (χ4v) is 6.90. The van der Waals surface area contributed by atoms with Gasteiger partial charge in [0.25, 0.3) is 5.91 Å². The second-order valence-corrected chi connectivity index (χ2v) is 13.3. The van der Waals surface area contributed by atoms with Crippen LogP contribution in [-0.4, -0.2) is 80.8 Å². The molecule has 6 rings (SSSR count). The number of phenolic OH excluding ortho intramolecular Hbond substituents is 1. The van der Waals surface area contributed by atoms with Crippen molar-refractivity contribution < 1.29 is 34.8 Å². The number of aliphatic hydroxyl groups excluding tert-OH is 1. The van der Waals surface area contributed by atoms with Crippen LogP contribution in [0, 0.1) is 0 Å². The van der Waals surface area contributed by atoms with Crippen LogP contribution >= 0.6 is 0 Å². The highest BCUT2D eigenvalue weighted by Crippen LogP contribution is 2.35. The van der Waals surface area contributed by atoms with Crippen molar-refractivity contribution in [1.82, 2.24) is 20.5 Å². The first kappa shape index (κ1) is 37.0. The van der Waals surface area contributed by atoms with Crippen LogP contribution in [0.15, 0.2) is 108 Å². The number of nitrogens with zero attached hydrogens (tertiary/aromatic N) is 1. The number of carbonyl (C=O) groups is 3. The number of likely N-dealkylation sites (tertiary alicyclic amines) is 1. The number of fused-ring (bicyclic) bond motifs is 1. The van der Waals surface area contributed by atoms with Crippen molar-refractivity contribution in [1.29, 1.82) is 0 Å². The number of carboxylic acids is 1. The van der Waals surface area contributed by atoms with Crippen molar-refractivity contribution in [3.8, 4) is 5.75 Å². The van der Waals surface area contributed by atoms with Gasteiger partial charge in [0, 0.05) is 36.7 Å². The van der Waals surface area contributed by atoms with Crippen LogP contribution in [0.25, 0.3) is 10.9 Å². The summed E-state index contributed by atoms with van der Waals surface area (Å²) in [5, 5.41) is 48.6. The summed E-state index contributed by atoms with van der Waals surface area (Å²) in [6.07, 6.45) is 1.09. The van der Waals surface area contributed by atoms with Gasteiger partial charge in [0.15, 0.2) is 0 Å². The molecule has 0 aliphatic carbocycles. The van der Waals surface area contributed by atoms with E-state index in [4.69, 9.17) is 0 Å². The second-order valence-electron chi connectivity index (χ2n) is 13.3. The molecule has 2 atom stereocenters. The van der Waals surface area contributed by atoms with E-state index in [-0.39, 0.29) is 58.8 Å². The number of aliphatic carboxylic acids is 1. The number of H-pyrrole nitrogens is 1. The first-order valence-electron chi connectivity index (χ1n) is 17.5. The summed E-state index contributed by atoms with van der Waals surface area (Å²) in [6, 6.07) is 28.4. The van der Waals surface area contributed by atoms with Gasteiger partial charge in [-0.2, -0.15) is 0 Å². The Balaban J connectivity index is 0.941. The topological polar surface area (TPSA) is 192 Å². The highest BCUT2D eigenvalue weighted by atomic mass is 16.4. The van der Waals surface area contributed by atoms with Crippen LogP contribution in [-0.2, 0) is 21.6 Å². The number of aromatic hydroxyl groups is 1. The Morgan fingerprint density at radius 2 is 1.60 bits per heavy atom. The lowest BCUT2D eigenvalue weighted by atomic mass is 9.82. The molecule has 0 bridgehead atoms. The van der Waals surface area contributed by atoms with Gasteiger partial charge < -0.3 is 40.9 Å². The van der Waals surface area contributed by atoms with Crippen LogP contribution in [0.3, 0.4) is 0 Å². The average molecular weight is 719 g/mol. The summed E-state index contributed by atoms with van der Waals surface area (Å²) in [7, 11) is 0. The first-order chi connectivity index (χ1) is 25.5. The van der Waals surface area contributed by atoms with Crippen molar-refractivity contribution in [2.24, 2.45) is 0 Å². The van der Waals surface area contributed by atoms with Crippen LogP contribution < -0.4 is 16.2 Å². The van der Waals surface area contributed by atoms with E-state index >= 15 is 0 Å². The fourth-order valence-electron chi connectivity index (χ4n) is 6.90. The molecule has 0 radical (unpaired) electrons. The van der Waals surface area contributed by atoms with Crippen molar-refractivity contribution in [3.63, 3.8) is 0 Å². The third-order valence-electron chi connectivity index (χ3n) is 9.93. The summed E-state index contributed by atoms with van der Waals surface area (Å²) in [6.45, 7) is 1.64. The van der Waals surface area contributed by atoms with Crippen LogP contribution in [0.1, 0.15) is 63.0 Å². The highest BCUT2D eigenvalue weighted by molar-refractivity contribution is 5.96. The minimum absolute atomic E-state index is 0.0673. The summed E-state index contributed by atoms with van der Waals surface area (Å²) >= 11 is 0. The van der Waals surface area contributed by atoms with Gasteiger partial charge in [0.1, 0.15) is 5.75 Å². The Labute approximate surface area is 305 Å². The number of phenols is 1. The number of amides is 2. The number of nitrogens with one attached hydrogen (secondary N) is 3. The molecule has 1 aromatic heterocycles. The van der Waals surface area contributed by atoms with Crippen molar-refractivity contribution >= 4 is 28.7 Å². The number of aromatic amines is 1. The smallest absolute Gasteiger partial charge is 0.345 e. The molecule has 0 unspecified atom stereocenters. The number of hydrogen-bond acceptors (Lipinski definition) is 8. The number of benzene rings is 4. The molecule has 12 nitrogen and oxygen atoms in total. The van der Waals surface area contributed by atoms with E-state index in [1.165, 1.54) is 12.1 Å². The number of piperidine rings is 1. The molecule has 53 heavy (non-hydrogen) atoms. The van der Waals surface area contributed by atoms with E-state index < -0.39 is 17.7 Å². The Hall–Kier alpha value is -5.82. The summed E-state index contributed by atoms with van der Waals surface area (Å²) in [5.74, 6) is -1.89. The molecule has 2 amide bonds. The monoisotopic (exact) mass is 718 g/mol. The van der Waals surface area contributed by atoms with Gasteiger partial charge in [-0.25, -0.2) is 4.79 Å². The molecule has 12 heteroatoms. The maximum Gasteiger partial charge on any atom is 0.345 e. The zero-order valence-corrected chi connectivity index (χ0v) is 29.0. The molecule has 5 aromatic rings. The molecular formula is C41H42N4O8. The minimum Gasteiger partial charge on any atom is -0.506 e. The molecule has 274 valence electrons. The van der Waals surface area contributed by atoms with Crippen molar-refractivity contribution in [3.05, 3.63) is 147 Å². The first-order valence-corrected chi connectivity index (χ1v) is 17.5. The number of carbonyl (C=O) groups excluding carboxylic acids is 2. The summed E-state index contributed by atoms with van der Waals surface area (Å²) in [4.78, 5) is 54.0. The van der Waals surface area contributed by atoms with Gasteiger partial charge in [-0.1, -0.05) is 72.8 Å². The van der Waals surface area contributed by atoms with Crippen molar-refractivity contribution in [2.75, 3.05) is 32.7 Å². The number of carboxylic acid groups (broad SMARTS) is 1. The third kappa shape index (κ3) is 8.30. The zero-order chi connectivity index (χ0) is 37.5. The van der Waals surface area contributed by atoms with Crippen LogP contribution in [0.5, 0.6) is 5.75 Å². The molecular weight excluding hydrogens is 676 g/mol. The molecule has 2 heterocycles. The Bertz CT molecular complexity index is 2150. The number of hydrogen-bond donors (Lipinski definition) is 7. The number of rotatable bonds is 13. The summed E-state index contributed by atoms with van der Waals surface area (Å²) < 4.78 is 0. The van der Waals surface area contributed by atoms with Gasteiger partial charge in [0.2, 0.25) is 17.1 Å². The van der Waals surface area contributed by atoms with E-state index in [1.807, 2.05) is 18.2 Å². The molecule has 4 aromatic carbocycles. The lowest BCUT2D eigenvalue weighted by Gasteiger charge is -2.33. The quantitative estimate of drug-likeness (QED) is 0.0893. The molecule has 7 N–H and O–H groups in total. The van der Waals surface area contributed by atoms with Gasteiger partial charge in [-0.05, 0) is 83.8 Å². The fraction of sp³-hybridized carbons (Fsp3) is 0.268. The predicted octanol–water partition coefficient (Wildman–Crippen LogP) is 3.56. The normalized spacial score (nSPS) is 15.1. The molecule has 1 saturated heterocycles. The minimum atomic E-state index is -2.19. The SMILES string of the molecule is O=C(NCC(=O)N1CCC(c2cccc([C@](O)(C(=O)O)c3ccccc3)c2)CC1)c1ccc(CCNC[C@H](O)c2ccc(O)c3[nH]c(=O)ccc23)cc1. The number of pyridine rings is 1. The lowest BCUT2D eigenvalue weighted by molar-refractivity contribution is -0.155. The molecule has 1 aliphatic heterocycles. The van der Waals surface area contributed by atoms with Gasteiger partial charge in [-0.15, -0.1) is 0 Å². The Morgan fingerprint density at radius 3 is 2.32 bits per heavy atom. The third-order valence-corrected chi connectivity index (χ3v) is 9.93. The standard InChI is InChI=1S/C41H42N4O8/c46-34-15-13-32(33-14-16-36(48)44-38(33)34)35(47)24-42-20-17-26-9-11-28(12-10-26)39(50)43-25-37(49)45-21-18-27(19-22-45)29-5-4-8-31(23-29)41(53,40(51)52)30-6-2-1-3-7-30/h1-16,23,27,35,42,46-47,53H,17-22,24-25H2,(H,43,50)(H,44,48)(H,51,52)/t35-,41-/m0/s1. The van der Waals surface area contributed by atoms with E-state index in [0.717, 1.165) is 11.1 Å². The second kappa shape index (κ2) is 16.2. The lowest BCUT2D eigenvalue weighted by Crippen LogP contribution is -2.43. The van der Waals surface area contributed by atoms with Crippen LogP contribution in [0.4, 0.5) is 0 Å². The van der Waals surface area contributed by atoms with E-state index in [2.05, 4.69) is 15.6 Å². The van der Waals surface area contributed by atoms with Gasteiger partial charge >= 0.3 is 5.97 Å². The maximum absolute atomic E-state index is 13.0. The predicted molar refractivity (Wildman–Crippen MR) is 199 cm³/mol. The Kier molecular flexibility index (Phi) is 11.3. The number of aliphatic hydroxyl groups is 2. The van der Waals surface area contributed by atoms with Crippen LogP contribution in [0.2, 0.25) is 0 Å². The molecule has 1 fully saturated rings. The molecule has 0 saturated carbocycles. The molecule has 0 spiro atoms. The average Bonchev–Trinajstić information content (AvgIpc) is 3.19. The van der Waals surface area contributed by atoms with E-state index in [1.54, 1.807) is 77.7 Å². The molecule has 1 aliphatic rings. The van der Waals surface area contributed by atoms with Gasteiger partial charge in [0.05, 0.1) is 18.2 Å². The zero-order valence-electron chi connectivity index (χ0n) is 29.0. The largest absolute Gasteiger partial charge is 0.506 e. The number of aromatic nitrogens is 1. The maximum atomic E-state index is 13.0. The van der Waals surface area contributed by atoms with Gasteiger partial charge in [-0.3, -0.25) is 14.4 Å². The Morgan fingerprint density at radius 1 is 0.887 bits per heavy atom. The highest BCUT2D eigenvalue weighted by Gasteiger charge is 2.40.